The van der Waals surface area contributed by atoms with Crippen molar-refractivity contribution in [2.24, 2.45) is 0 Å². The number of alkyl halides is 1. The first-order chi connectivity index (χ1) is 8.69. The van der Waals surface area contributed by atoms with Gasteiger partial charge in [0.15, 0.2) is 0 Å². The number of aromatic nitrogens is 1. The Morgan fingerprint density at radius 3 is 2.39 bits per heavy atom. The molecule has 18 heavy (non-hydrogen) atoms. The summed E-state index contributed by atoms with van der Waals surface area (Å²) in [4.78, 5) is 6.70. The van der Waals surface area contributed by atoms with Gasteiger partial charge < -0.3 is 14.4 Å². The van der Waals surface area contributed by atoms with Gasteiger partial charge in [0.05, 0.1) is 0 Å². The third-order valence-corrected chi connectivity index (χ3v) is 3.69. The Labute approximate surface area is 113 Å². The summed E-state index contributed by atoms with van der Waals surface area (Å²) < 4.78 is 10.9. The molecule has 1 aromatic heterocycles. The maximum absolute atomic E-state index is 5.81. The maximum Gasteiger partial charge on any atom is 0.131 e. The van der Waals surface area contributed by atoms with Crippen LogP contribution in [0.15, 0.2) is 12.3 Å². The van der Waals surface area contributed by atoms with E-state index in [0.717, 1.165) is 30.0 Å². The topological polar surface area (TPSA) is 34.6 Å². The number of anilines is 1. The lowest BCUT2D eigenvalue weighted by molar-refractivity contribution is -0.00461. The molecule has 1 saturated heterocycles. The van der Waals surface area contributed by atoms with E-state index in [0.29, 0.717) is 5.88 Å². The number of pyridine rings is 1. The molecule has 0 aromatic carbocycles. The van der Waals surface area contributed by atoms with Crippen LogP contribution in [-0.2, 0) is 15.4 Å². The summed E-state index contributed by atoms with van der Waals surface area (Å²) in [6.07, 6.45) is 2.03. The van der Waals surface area contributed by atoms with E-state index in [1.807, 2.05) is 6.20 Å². The van der Waals surface area contributed by atoms with Gasteiger partial charge in [0.25, 0.3) is 0 Å². The lowest BCUT2D eigenvalue weighted by Gasteiger charge is -2.19. The van der Waals surface area contributed by atoms with Crippen molar-refractivity contribution in [1.29, 1.82) is 0 Å². The summed E-state index contributed by atoms with van der Waals surface area (Å²) in [6.45, 7) is 3.67. The Bertz CT molecular complexity index is 402. The van der Waals surface area contributed by atoms with Crippen molar-refractivity contribution >= 4 is 17.4 Å². The minimum absolute atomic E-state index is 0.101. The zero-order chi connectivity index (χ0) is 13.1. The molecule has 2 unspecified atom stereocenters. The first-order valence-electron chi connectivity index (χ1n) is 6.01. The third-order valence-electron chi connectivity index (χ3n) is 3.38. The summed E-state index contributed by atoms with van der Waals surface area (Å²) in [5.74, 6) is 1.49. The number of aryl methyl sites for hydroxylation is 1. The molecular weight excluding hydrogens is 252 g/mol. The molecular formula is C13H19ClN2O2. The van der Waals surface area contributed by atoms with Gasteiger partial charge in [0.1, 0.15) is 18.0 Å². The van der Waals surface area contributed by atoms with Gasteiger partial charge in [-0.1, -0.05) is 0 Å². The summed E-state index contributed by atoms with van der Waals surface area (Å²) >= 11 is 5.81. The third kappa shape index (κ3) is 2.60. The van der Waals surface area contributed by atoms with Crippen LogP contribution in [0.4, 0.5) is 5.82 Å². The summed E-state index contributed by atoms with van der Waals surface area (Å²) in [5, 5.41) is 0. The highest BCUT2D eigenvalue weighted by atomic mass is 35.5. The molecule has 0 amide bonds. The Balaban J connectivity index is 2.18. The zero-order valence-corrected chi connectivity index (χ0v) is 11.8. The second kappa shape index (κ2) is 5.87. The summed E-state index contributed by atoms with van der Waals surface area (Å²) in [6, 6.07) is 2.08. The summed E-state index contributed by atoms with van der Waals surface area (Å²) in [7, 11) is 3.44. The molecule has 1 fully saturated rings. The van der Waals surface area contributed by atoms with Crippen molar-refractivity contribution in [3.63, 3.8) is 0 Å². The maximum atomic E-state index is 5.81. The summed E-state index contributed by atoms with van der Waals surface area (Å²) in [5.41, 5.74) is 2.18. The lowest BCUT2D eigenvalue weighted by Crippen LogP contribution is -2.27. The van der Waals surface area contributed by atoms with Gasteiger partial charge in [-0.2, -0.15) is 0 Å². The first kappa shape index (κ1) is 13.6. The standard InChI is InChI=1S/C13H19ClN2O2/c1-9-4-10(5-14)6-15-13(9)16-7-11(17-2)12(8-16)18-3/h4,6,11-12H,5,7-8H2,1-3H3. The van der Waals surface area contributed by atoms with E-state index < -0.39 is 0 Å². The van der Waals surface area contributed by atoms with E-state index in [9.17, 15) is 0 Å². The van der Waals surface area contributed by atoms with Gasteiger partial charge in [-0.05, 0) is 24.1 Å². The highest BCUT2D eigenvalue weighted by Crippen LogP contribution is 2.25. The second-order valence-corrected chi connectivity index (χ2v) is 4.84. The molecule has 0 spiro atoms. The van der Waals surface area contributed by atoms with Crippen LogP contribution in [0, 0.1) is 6.92 Å². The van der Waals surface area contributed by atoms with E-state index in [1.54, 1.807) is 14.2 Å². The van der Waals surface area contributed by atoms with Gasteiger partial charge in [-0.25, -0.2) is 4.98 Å². The van der Waals surface area contributed by atoms with E-state index in [2.05, 4.69) is 22.9 Å². The molecule has 100 valence electrons. The molecule has 0 N–H and O–H groups in total. The van der Waals surface area contributed by atoms with Crippen LogP contribution in [0.1, 0.15) is 11.1 Å². The Hall–Kier alpha value is -0.840. The molecule has 0 bridgehead atoms. The zero-order valence-electron chi connectivity index (χ0n) is 11.0. The van der Waals surface area contributed by atoms with E-state index in [1.165, 1.54) is 0 Å². The van der Waals surface area contributed by atoms with Crippen molar-refractivity contribution in [3.8, 4) is 0 Å². The molecule has 2 heterocycles. The van der Waals surface area contributed by atoms with E-state index in [-0.39, 0.29) is 12.2 Å². The lowest BCUT2D eigenvalue weighted by atomic mass is 10.2. The highest BCUT2D eigenvalue weighted by molar-refractivity contribution is 6.17. The van der Waals surface area contributed by atoms with Gasteiger partial charge >= 0.3 is 0 Å². The number of methoxy groups -OCH3 is 2. The van der Waals surface area contributed by atoms with E-state index >= 15 is 0 Å². The number of nitrogens with zero attached hydrogens (tertiary/aromatic N) is 2. The number of hydrogen-bond donors (Lipinski definition) is 0. The van der Waals surface area contributed by atoms with Crippen LogP contribution >= 0.6 is 11.6 Å². The second-order valence-electron chi connectivity index (χ2n) is 4.57. The average Bonchev–Trinajstić information content (AvgIpc) is 2.81. The quantitative estimate of drug-likeness (QED) is 0.784. The predicted octanol–water partition coefficient (Wildman–Crippen LogP) is 1.98. The Morgan fingerprint density at radius 2 is 1.94 bits per heavy atom. The first-order valence-corrected chi connectivity index (χ1v) is 6.55. The van der Waals surface area contributed by atoms with Crippen molar-refractivity contribution in [1.82, 2.24) is 4.98 Å². The number of rotatable bonds is 4. The predicted molar refractivity (Wildman–Crippen MR) is 72.3 cm³/mol. The van der Waals surface area contributed by atoms with Crippen molar-refractivity contribution in [2.75, 3.05) is 32.2 Å². The molecule has 1 aromatic rings. The Kier molecular flexibility index (Phi) is 4.43. The molecule has 1 aliphatic rings. The molecule has 5 heteroatoms. The fraction of sp³-hybridized carbons (Fsp3) is 0.615. The molecule has 0 radical (unpaired) electrons. The Morgan fingerprint density at radius 1 is 1.33 bits per heavy atom. The van der Waals surface area contributed by atoms with Gasteiger partial charge in [0.2, 0.25) is 0 Å². The minimum atomic E-state index is 0.101. The monoisotopic (exact) mass is 270 g/mol. The number of hydrogen-bond acceptors (Lipinski definition) is 4. The minimum Gasteiger partial charge on any atom is -0.377 e. The van der Waals surface area contributed by atoms with Crippen molar-refractivity contribution in [3.05, 3.63) is 23.4 Å². The van der Waals surface area contributed by atoms with Crippen LogP contribution < -0.4 is 4.90 Å². The molecule has 0 aliphatic carbocycles. The fourth-order valence-electron chi connectivity index (χ4n) is 2.40. The number of halogens is 1. The van der Waals surface area contributed by atoms with Crippen LogP contribution in [-0.4, -0.2) is 44.5 Å². The highest BCUT2D eigenvalue weighted by Gasteiger charge is 2.34. The molecule has 2 rings (SSSR count). The normalized spacial score (nSPS) is 23.7. The van der Waals surface area contributed by atoms with Gasteiger partial charge in [0, 0.05) is 39.4 Å². The van der Waals surface area contributed by atoms with E-state index in [4.69, 9.17) is 21.1 Å². The molecule has 0 saturated carbocycles. The number of ether oxygens (including phenoxy) is 2. The average molecular weight is 271 g/mol. The van der Waals surface area contributed by atoms with Crippen LogP contribution in [0.3, 0.4) is 0 Å². The smallest absolute Gasteiger partial charge is 0.131 e. The largest absolute Gasteiger partial charge is 0.377 e. The fourth-order valence-corrected chi connectivity index (χ4v) is 2.55. The van der Waals surface area contributed by atoms with Crippen LogP contribution in [0.2, 0.25) is 0 Å². The van der Waals surface area contributed by atoms with Crippen LogP contribution in [0.5, 0.6) is 0 Å². The van der Waals surface area contributed by atoms with Gasteiger partial charge in [-0.3, -0.25) is 0 Å². The molecule has 2 atom stereocenters. The SMILES string of the molecule is COC1CN(c2ncc(CCl)cc2C)CC1OC. The molecule has 4 nitrogen and oxygen atoms in total. The molecule has 1 aliphatic heterocycles. The van der Waals surface area contributed by atoms with Crippen molar-refractivity contribution in [2.45, 2.75) is 25.0 Å². The van der Waals surface area contributed by atoms with Gasteiger partial charge in [-0.15, -0.1) is 11.6 Å². The van der Waals surface area contributed by atoms with Crippen molar-refractivity contribution < 1.29 is 9.47 Å². The van der Waals surface area contributed by atoms with Crippen LogP contribution in [0.25, 0.3) is 0 Å².